The molecule has 0 heterocycles. The predicted octanol–water partition coefficient (Wildman–Crippen LogP) is -2.72. The highest BCUT2D eigenvalue weighted by Gasteiger charge is 2.41. The second-order valence-corrected chi connectivity index (χ2v) is 22.4. The van der Waals surface area contributed by atoms with Crippen LogP contribution in [0.4, 0.5) is 9.59 Å². The van der Waals surface area contributed by atoms with Gasteiger partial charge in [-0.3, -0.25) is 43.3 Å². The molecule has 11 atom stereocenters. The van der Waals surface area contributed by atoms with Crippen molar-refractivity contribution in [3.8, 4) is 0 Å². The summed E-state index contributed by atoms with van der Waals surface area (Å²) in [5, 5.41) is 73.7. The molecule has 0 saturated carbocycles. The molecule has 88 heavy (non-hydrogen) atoms. The Kier molecular flexibility index (Phi) is 32.4. The maximum Gasteiger partial charge on any atom is 0.408 e. The van der Waals surface area contributed by atoms with Gasteiger partial charge >= 0.3 is 18.2 Å². The number of carboxylic acid groups (broad SMARTS) is 1. The molecule has 0 fully saturated rings. The van der Waals surface area contributed by atoms with E-state index in [4.69, 9.17) is 26.0 Å². The van der Waals surface area contributed by atoms with Gasteiger partial charge in [-0.05, 0) is 68.9 Å². The number of rotatable bonds is 36. The van der Waals surface area contributed by atoms with Crippen molar-refractivity contribution < 1.29 is 87.7 Å². The lowest BCUT2D eigenvalue weighted by atomic mass is 9.95. The van der Waals surface area contributed by atoms with Gasteiger partial charge in [-0.1, -0.05) is 109 Å². The quantitative estimate of drug-likeness (QED) is 0.0187. The summed E-state index contributed by atoms with van der Waals surface area (Å²) in [6.07, 6.45) is -3.73. The number of aliphatic hydroxyl groups excluding tert-OH is 4. The smallest absolute Gasteiger partial charge is 0.408 e. The molecule has 0 radical (unpaired) electrons. The molecular weight excluding hydrogens is 1150 g/mol. The van der Waals surface area contributed by atoms with Crippen LogP contribution in [-0.2, 0) is 59.2 Å². The minimum Gasteiger partial charge on any atom is -0.480 e. The lowest BCUT2D eigenvalue weighted by Crippen LogP contribution is -2.63. The standard InChI is InChI=1S/C57H89N13O18/c1-10-32(6)41(50(80)65-37(26-71)46(76)61-25-40(74)62-38(27-72)49(79)66-39(28-73)53(83)84)67-47(77)35(22-17-23-60-54(58)59)63-48(78)36(24-30(2)3)64-52(82)44(45(75)31(4)5)68-51(81)43(70-55(85)87-29-33-18-13-11-14-19-33)42(34-20-15-12-16-21-34)69-56(86)88-57(7,8)9/h11-16,18-21,30-32,35-39,41-45,71-73,75H,10,17,22-29H2,1-9H3,(H,61,76)(H,62,74)(H,63,78)(H,64,82)(H,65,80)(H,66,79)(H,67,77)(H,68,81)(H,69,86)(H,70,85)(H,83,84)(H4,58,59,60)/t32-,35+,36-,37-,38-,39-,41-,42+,43-,44-,45+/m0/s1. The van der Waals surface area contributed by atoms with Crippen molar-refractivity contribution in [2.45, 2.75) is 161 Å². The summed E-state index contributed by atoms with van der Waals surface area (Å²) in [5.74, 6) is -12.1. The molecular formula is C57H89N13O18. The van der Waals surface area contributed by atoms with Crippen LogP contribution in [0.3, 0.4) is 0 Å². The summed E-state index contributed by atoms with van der Waals surface area (Å²) < 4.78 is 11.0. The summed E-state index contributed by atoms with van der Waals surface area (Å²) >= 11 is 0. The second kappa shape index (κ2) is 37.8. The molecule has 0 bridgehead atoms. The number of alkyl carbamates (subject to hydrolysis) is 2. The molecule has 0 aliphatic carbocycles. The molecule has 10 amide bonds. The molecule has 0 spiro atoms. The first kappa shape index (κ1) is 75.4. The van der Waals surface area contributed by atoms with Gasteiger partial charge in [0, 0.05) is 6.54 Å². The molecule has 0 unspecified atom stereocenters. The second-order valence-electron chi connectivity index (χ2n) is 22.4. The number of carbonyl (C=O) groups excluding carboxylic acids is 10. The number of aliphatic carboxylic acids is 1. The highest BCUT2D eigenvalue weighted by Crippen LogP contribution is 2.21. The normalized spacial score (nSPS) is 15.0. The van der Waals surface area contributed by atoms with E-state index in [0.717, 1.165) is 0 Å². The van der Waals surface area contributed by atoms with Gasteiger partial charge in [0.1, 0.15) is 60.5 Å². The number of nitrogens with zero attached hydrogens (tertiary/aromatic N) is 1. The molecule has 19 N–H and O–H groups in total. The van der Waals surface area contributed by atoms with Crippen molar-refractivity contribution in [3.63, 3.8) is 0 Å². The Balaban J connectivity index is 2.52. The number of guanidine groups is 1. The largest absolute Gasteiger partial charge is 0.480 e. The Labute approximate surface area is 510 Å². The third-order valence-corrected chi connectivity index (χ3v) is 13.1. The molecule has 2 rings (SSSR count). The summed E-state index contributed by atoms with van der Waals surface area (Å²) in [6.45, 7) is 10.4. The highest BCUT2D eigenvalue weighted by atomic mass is 16.6. The molecule has 0 aliphatic rings. The maximum atomic E-state index is 14.8. The Morgan fingerprint density at radius 2 is 1.08 bits per heavy atom. The van der Waals surface area contributed by atoms with Gasteiger partial charge in [0.25, 0.3) is 0 Å². The lowest BCUT2D eigenvalue weighted by molar-refractivity contribution is -0.143. The van der Waals surface area contributed by atoms with Crippen molar-refractivity contribution >= 4 is 71.4 Å². The number of benzene rings is 2. The van der Waals surface area contributed by atoms with E-state index in [1.165, 1.54) is 0 Å². The van der Waals surface area contributed by atoms with E-state index in [1.807, 2.05) is 5.32 Å². The Morgan fingerprint density at radius 1 is 0.580 bits per heavy atom. The van der Waals surface area contributed by atoms with Gasteiger partial charge in [0.05, 0.1) is 38.5 Å². The van der Waals surface area contributed by atoms with Crippen LogP contribution < -0.4 is 64.6 Å². The average Bonchev–Trinajstić information content (AvgIpc) is 1.31. The summed E-state index contributed by atoms with van der Waals surface area (Å²) in [6, 6.07) is 1.89. The number of carboxylic acids is 1. The molecule has 0 aliphatic heterocycles. The third kappa shape index (κ3) is 26.9. The van der Waals surface area contributed by atoms with Crippen LogP contribution in [0.1, 0.15) is 105 Å². The number of carbonyl (C=O) groups is 11. The lowest BCUT2D eigenvalue weighted by Gasteiger charge is -2.33. The zero-order valence-corrected chi connectivity index (χ0v) is 51.0. The zero-order valence-electron chi connectivity index (χ0n) is 51.0. The predicted molar refractivity (Wildman–Crippen MR) is 317 cm³/mol. The van der Waals surface area contributed by atoms with E-state index in [2.05, 4.69) is 52.8 Å². The Bertz CT molecular complexity index is 2660. The van der Waals surface area contributed by atoms with Gasteiger partial charge < -0.3 is 99.6 Å². The maximum absolute atomic E-state index is 14.8. The number of aliphatic hydroxyl groups is 4. The van der Waals surface area contributed by atoms with E-state index in [-0.39, 0.29) is 50.7 Å². The fourth-order valence-corrected chi connectivity index (χ4v) is 8.19. The summed E-state index contributed by atoms with van der Waals surface area (Å²) in [4.78, 5) is 153. The van der Waals surface area contributed by atoms with Crippen LogP contribution in [0, 0.1) is 17.8 Å². The first-order valence-electron chi connectivity index (χ1n) is 28.6. The Hall–Kier alpha value is -8.68. The number of nitrogens with two attached hydrogens (primary N) is 2. The van der Waals surface area contributed by atoms with Crippen molar-refractivity contribution in [2.75, 3.05) is 32.9 Å². The molecule has 0 aromatic heterocycles. The van der Waals surface area contributed by atoms with E-state index in [0.29, 0.717) is 11.1 Å². The molecule has 490 valence electrons. The third-order valence-electron chi connectivity index (χ3n) is 13.1. The number of nitrogens with one attached hydrogen (secondary N) is 10. The number of ether oxygens (including phenoxy) is 2. The van der Waals surface area contributed by atoms with E-state index in [9.17, 15) is 73.2 Å². The van der Waals surface area contributed by atoms with Gasteiger partial charge in [0.15, 0.2) is 5.96 Å². The summed E-state index contributed by atoms with van der Waals surface area (Å²) in [5.41, 5.74) is 10.9. The fraction of sp³-hybridized carbons (Fsp3) is 0.579. The number of hydrogen-bond acceptors (Lipinski definition) is 18. The molecule has 31 nitrogen and oxygen atoms in total. The van der Waals surface area contributed by atoms with E-state index >= 15 is 0 Å². The number of hydrogen-bond donors (Lipinski definition) is 17. The molecule has 2 aromatic rings. The minimum absolute atomic E-state index is 0.0367. The topological polar surface area (TPSA) is 492 Å². The SMILES string of the molecule is CC[C@H](C)[C@H](NC(=O)[C@@H](CCCN=C(N)N)NC(=O)[C@H](CC(C)C)NC(=O)[C@@H](NC(=O)[C@@H](NC(=O)OCc1ccccc1)[C@H](NC(=O)OC(C)(C)C)c1ccccc1)[C@H](O)C(C)C)C(=O)N[C@@H](CO)C(=O)NCC(=O)N[C@@H](CO)C(=O)N[C@@H](CO)C(=O)O. The molecule has 31 heteroatoms. The van der Waals surface area contributed by atoms with Crippen molar-refractivity contribution in [1.29, 1.82) is 0 Å². The summed E-state index contributed by atoms with van der Waals surface area (Å²) in [7, 11) is 0. The zero-order chi connectivity index (χ0) is 66.4. The number of aliphatic imine (C=N–C) groups is 1. The molecule has 0 saturated heterocycles. The van der Waals surface area contributed by atoms with E-state index in [1.54, 1.807) is 123 Å². The molecule has 2 aromatic carbocycles. The van der Waals surface area contributed by atoms with Crippen LogP contribution in [0.25, 0.3) is 0 Å². The van der Waals surface area contributed by atoms with Crippen LogP contribution in [0.2, 0.25) is 0 Å². The van der Waals surface area contributed by atoms with Crippen molar-refractivity contribution in [2.24, 2.45) is 34.2 Å². The highest BCUT2D eigenvalue weighted by molar-refractivity contribution is 5.98. The van der Waals surface area contributed by atoms with Crippen LogP contribution in [-0.4, -0.2) is 190 Å². The van der Waals surface area contributed by atoms with E-state index < -0.39 is 170 Å². The van der Waals surface area contributed by atoms with Gasteiger partial charge in [-0.15, -0.1) is 0 Å². The number of amides is 10. The van der Waals surface area contributed by atoms with Gasteiger partial charge in [-0.2, -0.15) is 0 Å². The Morgan fingerprint density at radius 3 is 1.61 bits per heavy atom. The van der Waals surface area contributed by atoms with Crippen LogP contribution in [0.5, 0.6) is 0 Å². The van der Waals surface area contributed by atoms with Gasteiger partial charge in [0.2, 0.25) is 47.3 Å². The van der Waals surface area contributed by atoms with Crippen molar-refractivity contribution in [1.82, 2.24) is 53.2 Å². The minimum atomic E-state index is -1.86. The first-order valence-corrected chi connectivity index (χ1v) is 28.6. The first-order chi connectivity index (χ1) is 41.4. The monoisotopic (exact) mass is 1240 g/mol. The van der Waals surface area contributed by atoms with Crippen molar-refractivity contribution in [3.05, 3.63) is 71.8 Å². The average molecular weight is 1240 g/mol. The fourth-order valence-electron chi connectivity index (χ4n) is 8.19. The van der Waals surface area contributed by atoms with Crippen LogP contribution >= 0.6 is 0 Å². The van der Waals surface area contributed by atoms with Crippen LogP contribution in [0.15, 0.2) is 65.7 Å². The van der Waals surface area contributed by atoms with Gasteiger partial charge in [-0.25, -0.2) is 14.4 Å².